The van der Waals surface area contributed by atoms with Crippen LogP contribution < -0.4 is 20.4 Å². The second kappa shape index (κ2) is 14.0. The van der Waals surface area contributed by atoms with Crippen LogP contribution in [-0.4, -0.2) is 69.2 Å². The molecule has 2 N–H and O–H groups in total. The van der Waals surface area contributed by atoms with Crippen LogP contribution in [-0.2, 0) is 18.3 Å². The summed E-state index contributed by atoms with van der Waals surface area (Å²) in [5.74, 6) is 1.89. The summed E-state index contributed by atoms with van der Waals surface area (Å²) in [6.45, 7) is 3.82. The van der Waals surface area contributed by atoms with E-state index in [0.29, 0.717) is 29.7 Å². The van der Waals surface area contributed by atoms with Crippen LogP contribution in [0.5, 0.6) is 0 Å². The fraction of sp³-hybridized carbons (Fsp3) is 0.444. The largest absolute Gasteiger partial charge is 0.381 e. The molecule has 1 saturated carbocycles. The predicted octanol–water partition coefficient (Wildman–Crippen LogP) is 5.29. The third kappa shape index (κ3) is 6.96. The number of nitriles is 1. The molecule has 2 amide bonds. The molecule has 3 aromatic heterocycles. The zero-order valence-electron chi connectivity index (χ0n) is 27.4. The van der Waals surface area contributed by atoms with Gasteiger partial charge in [0.15, 0.2) is 5.82 Å². The molecule has 7 rings (SSSR count). The van der Waals surface area contributed by atoms with E-state index >= 15 is 0 Å². The summed E-state index contributed by atoms with van der Waals surface area (Å²) in [6.07, 6.45) is 13.7. The van der Waals surface area contributed by atoms with Gasteiger partial charge in [0.2, 0.25) is 5.95 Å². The van der Waals surface area contributed by atoms with Crippen LogP contribution in [0, 0.1) is 16.7 Å². The number of urea groups is 1. The molecule has 2 saturated heterocycles. The summed E-state index contributed by atoms with van der Waals surface area (Å²) in [4.78, 5) is 32.0. The standard InChI is InChI=1S/C36H42N10O2/c1-44-24-29(23-41-44)27-7-12-32(38-21-27)46(35(47)40-20-26-5-3-2-4-6-26)31-10-8-30(9-11-31)42-34-39-22-28(19-37)33(43-34)45-16-13-36(25-45)14-17-48-18-15-36/h2-7,12,21-24,30-31H,8-11,13-18,20,25H2,1H3,(H,40,47)(H,39,42,43)/t30-,31-. The molecule has 1 aliphatic carbocycles. The van der Waals surface area contributed by atoms with Gasteiger partial charge >= 0.3 is 6.03 Å². The Hall–Kier alpha value is -5.02. The number of anilines is 3. The molecule has 3 fully saturated rings. The Kier molecular flexibility index (Phi) is 9.20. The summed E-state index contributed by atoms with van der Waals surface area (Å²) in [7, 11) is 1.89. The molecule has 0 radical (unpaired) electrons. The van der Waals surface area contributed by atoms with Gasteiger partial charge < -0.3 is 20.3 Å². The van der Waals surface area contributed by atoms with E-state index in [1.807, 2.05) is 66.8 Å². The number of nitrogens with zero attached hydrogens (tertiary/aromatic N) is 8. The minimum atomic E-state index is -0.162. The Morgan fingerprint density at radius 3 is 2.54 bits per heavy atom. The molecule has 248 valence electrons. The van der Waals surface area contributed by atoms with Crippen molar-refractivity contribution in [3.05, 3.63) is 78.4 Å². The van der Waals surface area contributed by atoms with E-state index in [9.17, 15) is 10.1 Å². The molecule has 5 heterocycles. The lowest BCUT2D eigenvalue weighted by atomic mass is 9.80. The molecule has 12 nitrogen and oxygen atoms in total. The number of amides is 2. The van der Waals surface area contributed by atoms with Crippen molar-refractivity contribution in [2.24, 2.45) is 12.5 Å². The van der Waals surface area contributed by atoms with Gasteiger partial charge in [0.25, 0.3) is 0 Å². The molecular weight excluding hydrogens is 604 g/mol. The number of ether oxygens (including phenoxy) is 1. The Morgan fingerprint density at radius 1 is 1.02 bits per heavy atom. The highest BCUT2D eigenvalue weighted by Gasteiger charge is 2.40. The monoisotopic (exact) mass is 646 g/mol. The summed E-state index contributed by atoms with van der Waals surface area (Å²) in [5, 5.41) is 20.8. The predicted molar refractivity (Wildman–Crippen MR) is 183 cm³/mol. The third-order valence-electron chi connectivity index (χ3n) is 10.1. The van der Waals surface area contributed by atoms with Crippen LogP contribution in [0.4, 0.5) is 22.4 Å². The quantitative estimate of drug-likeness (QED) is 0.262. The number of pyridine rings is 1. The van der Waals surface area contributed by atoms with Crippen molar-refractivity contribution in [3.8, 4) is 17.2 Å². The Bertz CT molecular complexity index is 1740. The maximum atomic E-state index is 13.8. The van der Waals surface area contributed by atoms with Crippen LogP contribution in [0.15, 0.2) is 67.3 Å². The van der Waals surface area contributed by atoms with Gasteiger partial charge in [-0.15, -0.1) is 0 Å². The number of hydrogen-bond acceptors (Lipinski definition) is 9. The van der Waals surface area contributed by atoms with Crippen molar-refractivity contribution < 1.29 is 9.53 Å². The highest BCUT2D eigenvalue weighted by molar-refractivity contribution is 5.91. The van der Waals surface area contributed by atoms with Gasteiger partial charge in [-0.3, -0.25) is 9.58 Å². The van der Waals surface area contributed by atoms with Crippen molar-refractivity contribution in [3.63, 3.8) is 0 Å². The van der Waals surface area contributed by atoms with E-state index < -0.39 is 0 Å². The van der Waals surface area contributed by atoms with E-state index in [1.165, 1.54) is 0 Å². The number of aryl methyl sites for hydroxylation is 1. The molecule has 0 bridgehead atoms. The summed E-state index contributed by atoms with van der Waals surface area (Å²) < 4.78 is 7.38. The number of benzene rings is 1. The molecule has 12 heteroatoms. The first-order valence-corrected chi connectivity index (χ1v) is 16.9. The number of aromatic nitrogens is 5. The van der Waals surface area contributed by atoms with Crippen molar-refractivity contribution in [1.82, 2.24) is 30.0 Å². The van der Waals surface area contributed by atoms with Crippen LogP contribution in [0.2, 0.25) is 0 Å². The summed E-state index contributed by atoms with van der Waals surface area (Å²) in [5.41, 5.74) is 3.71. The van der Waals surface area contributed by atoms with Crippen LogP contribution in [0.25, 0.3) is 11.1 Å². The maximum absolute atomic E-state index is 13.8. The van der Waals surface area contributed by atoms with Gasteiger partial charge in [-0.25, -0.2) is 14.8 Å². The highest BCUT2D eigenvalue weighted by atomic mass is 16.5. The SMILES string of the molecule is Cn1cc(-c2ccc(N(C(=O)NCc3ccccc3)[C@H]3CC[C@H](Nc4ncc(C#N)c(N5CCC6(CCOCC6)C5)n4)CC3)nc2)cn1. The molecule has 1 aromatic carbocycles. The molecule has 3 aliphatic rings. The second-order valence-corrected chi connectivity index (χ2v) is 13.3. The smallest absolute Gasteiger partial charge is 0.323 e. The van der Waals surface area contributed by atoms with Gasteiger partial charge in [0.1, 0.15) is 17.5 Å². The summed E-state index contributed by atoms with van der Waals surface area (Å²) in [6, 6.07) is 16.1. The first-order chi connectivity index (χ1) is 23.5. The molecule has 48 heavy (non-hydrogen) atoms. The first-order valence-electron chi connectivity index (χ1n) is 16.9. The molecule has 0 atom stereocenters. The van der Waals surface area contributed by atoms with Crippen molar-refractivity contribution >= 4 is 23.6 Å². The van der Waals surface area contributed by atoms with E-state index in [2.05, 4.69) is 31.7 Å². The molecule has 1 spiro atoms. The Balaban J connectivity index is 1.03. The third-order valence-corrected chi connectivity index (χ3v) is 10.1. The number of carbonyl (C=O) groups excluding carboxylic acids is 1. The van der Waals surface area contributed by atoms with E-state index in [1.54, 1.807) is 17.1 Å². The lowest BCUT2D eigenvalue weighted by Gasteiger charge is -2.36. The van der Waals surface area contributed by atoms with Gasteiger partial charge in [-0.2, -0.15) is 15.3 Å². The molecule has 0 unspecified atom stereocenters. The number of nitrogens with one attached hydrogen (secondary N) is 2. The van der Waals surface area contributed by atoms with Gasteiger partial charge in [0, 0.05) is 75.5 Å². The minimum Gasteiger partial charge on any atom is -0.381 e. The topological polar surface area (TPSA) is 137 Å². The average Bonchev–Trinajstić information content (AvgIpc) is 3.75. The Labute approximate surface area is 281 Å². The number of hydrogen-bond donors (Lipinski definition) is 2. The zero-order valence-corrected chi connectivity index (χ0v) is 27.4. The van der Waals surface area contributed by atoms with Crippen molar-refractivity contribution in [1.29, 1.82) is 5.26 Å². The second-order valence-electron chi connectivity index (χ2n) is 13.3. The van der Waals surface area contributed by atoms with E-state index in [-0.39, 0.29) is 23.5 Å². The maximum Gasteiger partial charge on any atom is 0.323 e. The normalized spacial score (nSPS) is 20.3. The van der Waals surface area contributed by atoms with Crippen LogP contribution in [0.1, 0.15) is 56.1 Å². The first kappa shape index (κ1) is 31.6. The zero-order chi connectivity index (χ0) is 32.9. The van der Waals surface area contributed by atoms with Crippen molar-refractivity contribution in [2.45, 2.75) is 63.6 Å². The van der Waals surface area contributed by atoms with Crippen LogP contribution in [0.3, 0.4) is 0 Å². The van der Waals surface area contributed by atoms with E-state index in [0.717, 1.165) is 87.9 Å². The average molecular weight is 647 g/mol. The highest BCUT2D eigenvalue weighted by Crippen LogP contribution is 2.41. The number of carbonyl (C=O) groups is 1. The lowest BCUT2D eigenvalue weighted by Crippen LogP contribution is -2.49. The van der Waals surface area contributed by atoms with Crippen molar-refractivity contribution in [2.75, 3.05) is 41.4 Å². The molecule has 2 aliphatic heterocycles. The fourth-order valence-corrected chi connectivity index (χ4v) is 7.34. The van der Waals surface area contributed by atoms with Crippen LogP contribution >= 0.6 is 0 Å². The van der Waals surface area contributed by atoms with Gasteiger partial charge in [-0.05, 0) is 68.1 Å². The van der Waals surface area contributed by atoms with Gasteiger partial charge in [0.05, 0.1) is 12.4 Å². The molecular formula is C36H42N10O2. The molecule has 4 aromatic rings. The van der Waals surface area contributed by atoms with Gasteiger partial charge in [-0.1, -0.05) is 30.3 Å². The van der Waals surface area contributed by atoms with E-state index in [4.69, 9.17) is 14.7 Å². The fourth-order valence-electron chi connectivity index (χ4n) is 7.34. The summed E-state index contributed by atoms with van der Waals surface area (Å²) >= 11 is 0. The lowest BCUT2D eigenvalue weighted by molar-refractivity contribution is 0.0254. The Morgan fingerprint density at radius 2 is 1.83 bits per heavy atom. The minimum absolute atomic E-state index is 0.0201. The number of rotatable bonds is 8.